The van der Waals surface area contributed by atoms with E-state index in [1.807, 2.05) is 39.0 Å². The second-order valence-corrected chi connectivity index (χ2v) is 5.41. The molecule has 0 saturated carbocycles. The molecule has 2 rings (SSSR count). The summed E-state index contributed by atoms with van der Waals surface area (Å²) < 4.78 is 0. The van der Waals surface area contributed by atoms with E-state index in [9.17, 15) is 9.90 Å². The minimum atomic E-state index is -0.863. The molecule has 5 heteroatoms. The van der Waals surface area contributed by atoms with E-state index in [-0.39, 0.29) is 0 Å². The first-order chi connectivity index (χ1) is 9.47. The van der Waals surface area contributed by atoms with Crippen molar-refractivity contribution in [3.63, 3.8) is 0 Å². The summed E-state index contributed by atoms with van der Waals surface area (Å²) in [6.07, 6.45) is 2.00. The lowest BCUT2D eigenvalue weighted by molar-refractivity contribution is -0.138. The Morgan fingerprint density at radius 3 is 2.75 bits per heavy atom. The van der Waals surface area contributed by atoms with Crippen LogP contribution in [0.2, 0.25) is 0 Å². The number of carbonyl (C=O) groups is 1. The minimum Gasteiger partial charge on any atom is -0.480 e. The molecule has 20 heavy (non-hydrogen) atoms. The number of nitrogens with zero attached hydrogens (tertiary/aromatic N) is 2. The monoisotopic (exact) mass is 273 g/mol. The average Bonchev–Trinajstić information content (AvgIpc) is 2.38. The molecule has 106 valence electrons. The van der Waals surface area contributed by atoms with Crippen LogP contribution in [-0.2, 0) is 4.79 Å². The van der Waals surface area contributed by atoms with Gasteiger partial charge in [-0.05, 0) is 31.4 Å². The zero-order chi connectivity index (χ0) is 14.7. The van der Waals surface area contributed by atoms with Crippen molar-refractivity contribution in [2.24, 2.45) is 5.92 Å². The molecule has 0 aliphatic heterocycles. The minimum absolute atomic E-state index is 0.290. The molecule has 0 fully saturated rings. The first-order valence-corrected chi connectivity index (χ1v) is 6.68. The van der Waals surface area contributed by atoms with Crippen LogP contribution in [0.25, 0.3) is 10.9 Å². The molecule has 0 spiro atoms. The molecule has 1 heterocycles. The number of benzene rings is 1. The fourth-order valence-electron chi connectivity index (χ4n) is 2.14. The summed E-state index contributed by atoms with van der Waals surface area (Å²) in [6, 6.07) is 5.21. The molecule has 0 radical (unpaired) electrons. The van der Waals surface area contributed by atoms with E-state index in [1.54, 1.807) is 0 Å². The van der Waals surface area contributed by atoms with Crippen molar-refractivity contribution in [1.82, 2.24) is 9.97 Å². The first-order valence-electron chi connectivity index (χ1n) is 6.68. The molecule has 0 bridgehead atoms. The van der Waals surface area contributed by atoms with E-state index in [4.69, 9.17) is 0 Å². The number of hydrogen-bond donors (Lipinski definition) is 2. The number of carboxylic acid groups (broad SMARTS) is 1. The lowest BCUT2D eigenvalue weighted by atomic mass is 10.0. The van der Waals surface area contributed by atoms with Crippen LogP contribution in [0.5, 0.6) is 0 Å². The highest BCUT2D eigenvalue weighted by molar-refractivity contribution is 5.91. The first kappa shape index (κ1) is 14.2. The third-order valence-corrected chi connectivity index (χ3v) is 3.11. The van der Waals surface area contributed by atoms with Gasteiger partial charge in [-0.1, -0.05) is 25.5 Å². The standard InChI is InChI=1S/C15H19N3O2/c1-9(2)6-13(15(19)20)18-14-11-7-10(3)4-5-12(11)16-8-17-14/h4-5,7-9,13H,6H2,1-3H3,(H,19,20)(H,16,17,18). The van der Waals surface area contributed by atoms with Gasteiger partial charge in [-0.2, -0.15) is 0 Å². The van der Waals surface area contributed by atoms with Crippen molar-refractivity contribution in [3.05, 3.63) is 30.1 Å². The van der Waals surface area contributed by atoms with Crippen molar-refractivity contribution in [2.45, 2.75) is 33.2 Å². The van der Waals surface area contributed by atoms with E-state index >= 15 is 0 Å². The predicted octanol–water partition coefficient (Wildman–Crippen LogP) is 2.85. The lowest BCUT2D eigenvalue weighted by Gasteiger charge is -2.18. The Labute approximate surface area is 118 Å². The Morgan fingerprint density at radius 2 is 2.10 bits per heavy atom. The molecular weight excluding hydrogens is 254 g/mol. The van der Waals surface area contributed by atoms with Gasteiger partial charge >= 0.3 is 5.97 Å². The van der Waals surface area contributed by atoms with Gasteiger partial charge in [-0.3, -0.25) is 0 Å². The van der Waals surface area contributed by atoms with E-state index in [0.29, 0.717) is 18.2 Å². The Balaban J connectivity index is 2.36. The van der Waals surface area contributed by atoms with Gasteiger partial charge in [-0.25, -0.2) is 14.8 Å². The van der Waals surface area contributed by atoms with Crippen LogP contribution in [0.4, 0.5) is 5.82 Å². The molecule has 1 atom stereocenters. The quantitative estimate of drug-likeness (QED) is 0.876. The van der Waals surface area contributed by atoms with Crippen molar-refractivity contribution in [3.8, 4) is 0 Å². The molecule has 0 aliphatic rings. The summed E-state index contributed by atoms with van der Waals surface area (Å²) >= 11 is 0. The van der Waals surface area contributed by atoms with E-state index < -0.39 is 12.0 Å². The topological polar surface area (TPSA) is 75.1 Å². The second kappa shape index (κ2) is 5.86. The van der Waals surface area contributed by atoms with Gasteiger partial charge in [0.2, 0.25) is 0 Å². The summed E-state index contributed by atoms with van der Waals surface area (Å²) in [5.41, 5.74) is 1.90. The number of nitrogens with one attached hydrogen (secondary N) is 1. The Kier molecular flexibility index (Phi) is 4.17. The summed E-state index contributed by atoms with van der Waals surface area (Å²) in [5.74, 6) is 0.00306. The summed E-state index contributed by atoms with van der Waals surface area (Å²) in [7, 11) is 0. The fourth-order valence-corrected chi connectivity index (χ4v) is 2.14. The Hall–Kier alpha value is -2.17. The van der Waals surface area contributed by atoms with Crippen molar-refractivity contribution < 1.29 is 9.90 Å². The molecule has 0 saturated heterocycles. The lowest BCUT2D eigenvalue weighted by Crippen LogP contribution is -2.31. The van der Waals surface area contributed by atoms with E-state index in [1.165, 1.54) is 6.33 Å². The number of carboxylic acids is 1. The highest BCUT2D eigenvalue weighted by Gasteiger charge is 2.20. The maximum Gasteiger partial charge on any atom is 0.326 e. The predicted molar refractivity (Wildman–Crippen MR) is 78.8 cm³/mol. The molecule has 1 aromatic carbocycles. The molecule has 2 N–H and O–H groups in total. The average molecular weight is 273 g/mol. The Morgan fingerprint density at radius 1 is 1.35 bits per heavy atom. The molecule has 1 aromatic heterocycles. The largest absolute Gasteiger partial charge is 0.480 e. The number of aliphatic carboxylic acids is 1. The Bertz CT molecular complexity index is 626. The SMILES string of the molecule is Cc1ccc2ncnc(NC(CC(C)C)C(=O)O)c2c1. The van der Waals surface area contributed by atoms with Crippen LogP contribution < -0.4 is 5.32 Å². The van der Waals surface area contributed by atoms with Crippen LogP contribution in [-0.4, -0.2) is 27.1 Å². The molecular formula is C15H19N3O2. The summed E-state index contributed by atoms with van der Waals surface area (Å²) in [5, 5.41) is 13.2. The number of hydrogen-bond acceptors (Lipinski definition) is 4. The molecule has 0 aliphatic carbocycles. The zero-order valence-electron chi connectivity index (χ0n) is 11.9. The van der Waals surface area contributed by atoms with Crippen LogP contribution >= 0.6 is 0 Å². The molecule has 5 nitrogen and oxygen atoms in total. The number of aromatic nitrogens is 2. The molecule has 2 aromatic rings. The van der Waals surface area contributed by atoms with Crippen LogP contribution in [0.3, 0.4) is 0 Å². The number of aryl methyl sites for hydroxylation is 1. The van der Waals surface area contributed by atoms with Gasteiger partial charge in [0.15, 0.2) is 0 Å². The van der Waals surface area contributed by atoms with Gasteiger partial charge < -0.3 is 10.4 Å². The zero-order valence-corrected chi connectivity index (χ0v) is 11.9. The van der Waals surface area contributed by atoms with Crippen LogP contribution in [0.15, 0.2) is 24.5 Å². The number of rotatable bonds is 5. The van der Waals surface area contributed by atoms with Crippen molar-refractivity contribution in [1.29, 1.82) is 0 Å². The van der Waals surface area contributed by atoms with Gasteiger partial charge in [0, 0.05) is 5.39 Å². The van der Waals surface area contributed by atoms with E-state index in [2.05, 4.69) is 15.3 Å². The van der Waals surface area contributed by atoms with Crippen LogP contribution in [0.1, 0.15) is 25.8 Å². The van der Waals surface area contributed by atoms with Gasteiger partial charge in [0.25, 0.3) is 0 Å². The number of fused-ring (bicyclic) bond motifs is 1. The summed E-state index contributed by atoms with van der Waals surface area (Å²) in [6.45, 7) is 5.98. The van der Waals surface area contributed by atoms with Gasteiger partial charge in [0.05, 0.1) is 5.52 Å². The third kappa shape index (κ3) is 3.23. The third-order valence-electron chi connectivity index (χ3n) is 3.11. The number of anilines is 1. The second-order valence-electron chi connectivity index (χ2n) is 5.41. The van der Waals surface area contributed by atoms with Gasteiger partial charge in [0.1, 0.15) is 18.2 Å². The highest BCUT2D eigenvalue weighted by atomic mass is 16.4. The molecule has 1 unspecified atom stereocenters. The smallest absolute Gasteiger partial charge is 0.326 e. The van der Waals surface area contributed by atoms with Crippen molar-refractivity contribution >= 4 is 22.7 Å². The van der Waals surface area contributed by atoms with Crippen LogP contribution in [0, 0.1) is 12.8 Å². The summed E-state index contributed by atoms with van der Waals surface area (Å²) in [4.78, 5) is 19.7. The maximum absolute atomic E-state index is 11.3. The maximum atomic E-state index is 11.3. The van der Waals surface area contributed by atoms with E-state index in [0.717, 1.165) is 16.5 Å². The highest BCUT2D eigenvalue weighted by Crippen LogP contribution is 2.22. The van der Waals surface area contributed by atoms with Gasteiger partial charge in [-0.15, -0.1) is 0 Å². The fraction of sp³-hybridized carbons (Fsp3) is 0.400. The normalized spacial score (nSPS) is 12.6. The molecule has 0 amide bonds. The van der Waals surface area contributed by atoms with Crippen molar-refractivity contribution in [2.75, 3.05) is 5.32 Å².